The third-order valence-corrected chi connectivity index (χ3v) is 4.72. The Morgan fingerprint density at radius 1 is 1.07 bits per heavy atom. The monoisotopic (exact) mass is 300 g/mol. The molecule has 0 spiro atoms. The summed E-state index contributed by atoms with van der Waals surface area (Å²) >= 11 is 22.4. The number of hydrogen-bond acceptors (Lipinski definition) is 1. The van der Waals surface area contributed by atoms with Crippen molar-refractivity contribution in [1.82, 2.24) is 9.76 Å². The number of hydrogen-bond donors (Lipinski definition) is 1. The van der Waals surface area contributed by atoms with E-state index in [1.165, 1.54) is 0 Å². The van der Waals surface area contributed by atoms with E-state index in [0.29, 0.717) is 37.3 Å². The maximum atomic E-state index is 11.9. The summed E-state index contributed by atoms with van der Waals surface area (Å²) in [5, 5.41) is 2.68. The van der Waals surface area contributed by atoms with Crippen LogP contribution in [0.15, 0.2) is 0 Å². The summed E-state index contributed by atoms with van der Waals surface area (Å²) in [6.45, 7) is -1.79. The maximum Gasteiger partial charge on any atom is 0.302 e. The molecule has 0 aliphatic rings. The Labute approximate surface area is 104 Å². The van der Waals surface area contributed by atoms with Gasteiger partial charge in [0.15, 0.2) is 0 Å². The van der Waals surface area contributed by atoms with Gasteiger partial charge in [-0.2, -0.15) is 0 Å². The summed E-state index contributed by atoms with van der Waals surface area (Å²) in [6.07, 6.45) is 0. The lowest BCUT2D eigenvalue weighted by Crippen LogP contribution is -2.29. The fraction of sp³-hybridized carbons (Fsp3) is 1.00. The molecule has 0 aromatic rings. The van der Waals surface area contributed by atoms with Gasteiger partial charge in [-0.15, -0.1) is 34.8 Å². The average molecular weight is 302 g/mol. The molecule has 0 saturated carbocycles. The van der Waals surface area contributed by atoms with Crippen LogP contribution in [0.3, 0.4) is 0 Å². The van der Waals surface area contributed by atoms with Crippen LogP contribution in [-0.2, 0) is 4.57 Å². The molecule has 3 nitrogen and oxygen atoms in total. The van der Waals surface area contributed by atoms with Gasteiger partial charge in [0.2, 0.25) is 0 Å². The van der Waals surface area contributed by atoms with Crippen molar-refractivity contribution in [2.24, 2.45) is 0 Å². The van der Waals surface area contributed by atoms with Crippen LogP contribution in [0.5, 0.6) is 0 Å². The van der Waals surface area contributed by atoms with Crippen LogP contribution in [0, 0.1) is 0 Å². The van der Waals surface area contributed by atoms with Crippen molar-refractivity contribution < 1.29 is 4.57 Å². The van der Waals surface area contributed by atoms with Crippen LogP contribution in [-0.4, -0.2) is 41.9 Å². The third-order valence-electron chi connectivity index (χ3n) is 1.45. The van der Waals surface area contributed by atoms with E-state index in [1.54, 1.807) is 4.67 Å². The Morgan fingerprint density at radius 3 is 1.93 bits per heavy atom. The SMILES string of the molecule is O=P(Cl)(NCCCl)N(CCCl)CCCl. The highest BCUT2D eigenvalue weighted by atomic mass is 35.7. The van der Waals surface area contributed by atoms with Crippen LogP contribution >= 0.6 is 52.8 Å². The number of rotatable bonds is 8. The van der Waals surface area contributed by atoms with E-state index in [2.05, 4.69) is 5.09 Å². The molecule has 0 radical (unpaired) electrons. The molecule has 8 heteroatoms. The largest absolute Gasteiger partial charge is 0.302 e. The van der Waals surface area contributed by atoms with Crippen molar-refractivity contribution in [3.05, 3.63) is 0 Å². The third kappa shape index (κ3) is 6.02. The zero-order valence-corrected chi connectivity index (χ0v) is 11.5. The normalized spacial score (nSPS) is 15.8. The van der Waals surface area contributed by atoms with Crippen molar-refractivity contribution in [3.63, 3.8) is 0 Å². The van der Waals surface area contributed by atoms with Gasteiger partial charge >= 0.3 is 6.80 Å². The van der Waals surface area contributed by atoms with Gasteiger partial charge in [0.25, 0.3) is 0 Å². The minimum absolute atomic E-state index is 0.353. The zero-order chi connectivity index (χ0) is 11.0. The van der Waals surface area contributed by atoms with Gasteiger partial charge < -0.3 is 0 Å². The highest BCUT2D eigenvalue weighted by molar-refractivity contribution is 7.85. The second-order valence-corrected chi connectivity index (χ2v) is 6.83. The maximum absolute atomic E-state index is 11.9. The lowest BCUT2D eigenvalue weighted by Gasteiger charge is -2.25. The second kappa shape index (κ2) is 8.46. The molecule has 1 N–H and O–H groups in total. The minimum Gasteiger partial charge on any atom is -0.271 e. The molecular formula is C6H13Cl4N2OP. The Bertz CT molecular complexity index is 189. The van der Waals surface area contributed by atoms with Crippen molar-refractivity contribution in [3.8, 4) is 0 Å². The summed E-state index contributed by atoms with van der Waals surface area (Å²) in [5.41, 5.74) is 0. The van der Waals surface area contributed by atoms with Gasteiger partial charge in [0.05, 0.1) is 0 Å². The molecule has 1 unspecified atom stereocenters. The topological polar surface area (TPSA) is 32.3 Å². The zero-order valence-electron chi connectivity index (χ0n) is 7.56. The first-order valence-corrected chi connectivity index (χ1v) is 8.23. The Morgan fingerprint density at radius 2 is 1.57 bits per heavy atom. The van der Waals surface area contributed by atoms with Crippen molar-refractivity contribution in [2.45, 2.75) is 0 Å². The van der Waals surface area contributed by atoms with Crippen LogP contribution < -0.4 is 5.09 Å². The summed E-state index contributed by atoms with van der Waals surface area (Å²) in [6, 6.07) is 0. The molecule has 0 aliphatic heterocycles. The average Bonchev–Trinajstić information content (AvgIpc) is 2.14. The molecule has 0 amide bonds. The molecule has 0 aromatic carbocycles. The van der Waals surface area contributed by atoms with Crippen LogP contribution in [0.4, 0.5) is 0 Å². The first-order chi connectivity index (χ1) is 6.58. The van der Waals surface area contributed by atoms with Gasteiger partial charge in [0.1, 0.15) is 0 Å². The fourth-order valence-electron chi connectivity index (χ4n) is 0.844. The van der Waals surface area contributed by atoms with Crippen molar-refractivity contribution in [1.29, 1.82) is 0 Å². The molecule has 0 rings (SSSR count). The van der Waals surface area contributed by atoms with Crippen LogP contribution in [0.2, 0.25) is 0 Å². The fourth-order valence-corrected chi connectivity index (χ4v) is 3.72. The predicted molar refractivity (Wildman–Crippen MR) is 65.2 cm³/mol. The quantitative estimate of drug-likeness (QED) is 0.553. The first kappa shape index (κ1) is 15.3. The van der Waals surface area contributed by atoms with Crippen molar-refractivity contribution >= 4 is 52.8 Å². The van der Waals surface area contributed by atoms with Gasteiger partial charge in [-0.05, 0) is 11.2 Å². The number of nitrogens with one attached hydrogen (secondary N) is 1. The van der Waals surface area contributed by atoms with Crippen molar-refractivity contribution in [2.75, 3.05) is 37.3 Å². The summed E-state index contributed by atoms with van der Waals surface area (Å²) < 4.78 is 13.4. The van der Waals surface area contributed by atoms with Crippen LogP contribution in [0.1, 0.15) is 0 Å². The lowest BCUT2D eigenvalue weighted by molar-refractivity contribution is 0.449. The molecule has 86 valence electrons. The molecule has 0 heterocycles. The predicted octanol–water partition coefficient (Wildman–Crippen LogP) is 2.94. The molecule has 0 fully saturated rings. The van der Waals surface area contributed by atoms with E-state index in [9.17, 15) is 4.57 Å². The number of halogens is 4. The number of alkyl halides is 3. The van der Waals surface area contributed by atoms with E-state index < -0.39 is 6.80 Å². The van der Waals surface area contributed by atoms with E-state index in [1.807, 2.05) is 0 Å². The highest BCUT2D eigenvalue weighted by Crippen LogP contribution is 2.50. The van der Waals surface area contributed by atoms with Gasteiger partial charge in [-0.3, -0.25) is 4.57 Å². The molecule has 0 aromatic heterocycles. The van der Waals surface area contributed by atoms with Crippen LogP contribution in [0.25, 0.3) is 0 Å². The first-order valence-electron chi connectivity index (χ1n) is 4.06. The molecule has 0 bridgehead atoms. The summed E-state index contributed by atoms with van der Waals surface area (Å²) in [7, 11) is 0. The molecule has 0 saturated heterocycles. The molecular weight excluding hydrogens is 289 g/mol. The van der Waals surface area contributed by atoms with E-state index in [4.69, 9.17) is 46.0 Å². The molecule has 14 heavy (non-hydrogen) atoms. The van der Waals surface area contributed by atoms with Gasteiger partial charge in [-0.1, -0.05) is 0 Å². The molecule has 1 atom stereocenters. The minimum atomic E-state index is -3.05. The Kier molecular flexibility index (Phi) is 9.25. The highest BCUT2D eigenvalue weighted by Gasteiger charge is 2.26. The van der Waals surface area contributed by atoms with E-state index in [-0.39, 0.29) is 0 Å². The van der Waals surface area contributed by atoms with Gasteiger partial charge in [0, 0.05) is 37.3 Å². The summed E-state index contributed by atoms with van der Waals surface area (Å²) in [4.78, 5) is 0. The summed E-state index contributed by atoms with van der Waals surface area (Å²) in [5.74, 6) is 1.07. The van der Waals surface area contributed by atoms with Gasteiger partial charge in [-0.25, -0.2) is 9.76 Å². The Hall–Kier alpha value is 1.31. The van der Waals surface area contributed by atoms with E-state index >= 15 is 0 Å². The smallest absolute Gasteiger partial charge is 0.271 e. The Balaban J connectivity index is 4.21. The molecule has 0 aliphatic carbocycles. The second-order valence-electron chi connectivity index (χ2n) is 2.43. The van der Waals surface area contributed by atoms with E-state index in [0.717, 1.165) is 0 Å². The standard InChI is InChI=1S/C6H13Cl4N2OP/c7-1-4-11-14(10,13)12(5-2-8)6-3-9/h1-6H2,(H,11,13). The number of nitrogens with zero attached hydrogens (tertiary/aromatic N) is 1. The lowest BCUT2D eigenvalue weighted by atomic mass is 10.6.